The van der Waals surface area contributed by atoms with E-state index in [1.807, 2.05) is 0 Å². The molecular formula is C11H17N3O2S. The normalized spacial score (nSPS) is 12.1. The highest BCUT2D eigenvalue weighted by Gasteiger charge is 2.21. The first-order valence-electron chi connectivity index (χ1n) is 5.50. The van der Waals surface area contributed by atoms with Gasteiger partial charge in [-0.25, -0.2) is 9.97 Å². The van der Waals surface area contributed by atoms with Gasteiger partial charge in [0.2, 0.25) is 0 Å². The number of ether oxygens (including phenoxy) is 1. The zero-order valence-corrected chi connectivity index (χ0v) is 10.9. The molecule has 2 N–H and O–H groups in total. The van der Waals surface area contributed by atoms with Crippen LogP contribution < -0.4 is 5.73 Å². The number of esters is 1. The number of nitrogens with zero attached hydrogens (tertiary/aromatic N) is 2. The molecule has 0 bridgehead atoms. The second kappa shape index (κ2) is 7.11. The van der Waals surface area contributed by atoms with E-state index in [1.54, 1.807) is 6.20 Å². The summed E-state index contributed by atoms with van der Waals surface area (Å²) in [6.45, 7) is 2.08. The third-order valence-electron chi connectivity index (χ3n) is 2.23. The summed E-state index contributed by atoms with van der Waals surface area (Å²) in [5, 5.41) is 0.318. The summed E-state index contributed by atoms with van der Waals surface area (Å²) in [7, 11) is 1.39. The number of nitrogen functional groups attached to an aromatic ring is 1. The average Bonchev–Trinajstić information content (AvgIpc) is 2.35. The van der Waals surface area contributed by atoms with Crippen LogP contribution in [0.4, 0.5) is 5.82 Å². The Morgan fingerprint density at radius 1 is 1.53 bits per heavy atom. The van der Waals surface area contributed by atoms with Crippen LogP contribution in [0.15, 0.2) is 17.4 Å². The Balaban J connectivity index is 2.72. The second-order valence-corrected chi connectivity index (χ2v) is 4.71. The number of nitrogens with two attached hydrogens (primary N) is 1. The van der Waals surface area contributed by atoms with E-state index in [-0.39, 0.29) is 11.2 Å². The van der Waals surface area contributed by atoms with Crippen molar-refractivity contribution in [1.82, 2.24) is 9.97 Å². The second-order valence-electron chi connectivity index (χ2n) is 3.52. The SMILES string of the molecule is CCCCC(Sc1nccnc1N)C(=O)OC. The summed E-state index contributed by atoms with van der Waals surface area (Å²) in [6.07, 6.45) is 5.84. The molecule has 1 aromatic rings. The first-order chi connectivity index (χ1) is 8.19. The van der Waals surface area contributed by atoms with Gasteiger partial charge >= 0.3 is 5.97 Å². The number of thioether (sulfide) groups is 1. The Kier molecular flexibility index (Phi) is 5.76. The van der Waals surface area contributed by atoms with Gasteiger partial charge in [-0.1, -0.05) is 31.5 Å². The molecule has 1 atom stereocenters. The molecule has 0 saturated heterocycles. The Labute approximate surface area is 105 Å². The Bertz CT molecular complexity index is 373. The summed E-state index contributed by atoms with van der Waals surface area (Å²) in [4.78, 5) is 19.7. The number of aromatic nitrogens is 2. The van der Waals surface area contributed by atoms with E-state index < -0.39 is 0 Å². The van der Waals surface area contributed by atoms with Gasteiger partial charge in [0.15, 0.2) is 5.82 Å². The smallest absolute Gasteiger partial charge is 0.319 e. The van der Waals surface area contributed by atoms with E-state index in [4.69, 9.17) is 10.5 Å². The maximum absolute atomic E-state index is 11.6. The topological polar surface area (TPSA) is 78.1 Å². The highest BCUT2D eigenvalue weighted by Crippen LogP contribution is 2.28. The van der Waals surface area contributed by atoms with Crippen molar-refractivity contribution in [3.05, 3.63) is 12.4 Å². The summed E-state index contributed by atoms with van der Waals surface area (Å²) in [5.74, 6) is 0.108. The van der Waals surface area contributed by atoms with Gasteiger partial charge in [0.25, 0.3) is 0 Å². The molecule has 0 spiro atoms. The fraction of sp³-hybridized carbons (Fsp3) is 0.545. The van der Waals surface area contributed by atoms with Crippen molar-refractivity contribution in [3.63, 3.8) is 0 Å². The van der Waals surface area contributed by atoms with Gasteiger partial charge in [-0.05, 0) is 6.42 Å². The van der Waals surface area contributed by atoms with Crippen LogP contribution in [-0.2, 0) is 9.53 Å². The maximum Gasteiger partial charge on any atom is 0.319 e. The van der Waals surface area contributed by atoms with E-state index in [9.17, 15) is 4.79 Å². The number of rotatable bonds is 6. The number of unbranched alkanes of at least 4 members (excludes halogenated alkanes) is 1. The lowest BCUT2D eigenvalue weighted by molar-refractivity contribution is -0.140. The van der Waals surface area contributed by atoms with E-state index in [1.165, 1.54) is 25.1 Å². The van der Waals surface area contributed by atoms with Crippen molar-refractivity contribution in [2.24, 2.45) is 0 Å². The number of methoxy groups -OCH3 is 1. The fourth-order valence-electron chi connectivity index (χ4n) is 1.31. The molecule has 5 nitrogen and oxygen atoms in total. The lowest BCUT2D eigenvalue weighted by atomic mass is 10.2. The molecule has 0 aliphatic carbocycles. The lowest BCUT2D eigenvalue weighted by Crippen LogP contribution is -2.19. The van der Waals surface area contributed by atoms with Crippen LogP contribution in [0, 0.1) is 0 Å². The van der Waals surface area contributed by atoms with Crippen molar-refractivity contribution in [2.75, 3.05) is 12.8 Å². The third kappa shape index (κ3) is 4.22. The highest BCUT2D eigenvalue weighted by molar-refractivity contribution is 8.00. The van der Waals surface area contributed by atoms with Crippen LogP contribution in [0.5, 0.6) is 0 Å². The van der Waals surface area contributed by atoms with Crippen LogP contribution in [0.25, 0.3) is 0 Å². The minimum atomic E-state index is -0.265. The molecule has 0 aromatic carbocycles. The summed E-state index contributed by atoms with van der Waals surface area (Å²) in [6, 6.07) is 0. The molecule has 1 heterocycles. The van der Waals surface area contributed by atoms with Gasteiger partial charge in [0.05, 0.1) is 7.11 Å². The summed E-state index contributed by atoms with van der Waals surface area (Å²) >= 11 is 1.31. The van der Waals surface area contributed by atoms with Crippen molar-refractivity contribution >= 4 is 23.5 Å². The first-order valence-corrected chi connectivity index (χ1v) is 6.38. The molecule has 0 saturated carbocycles. The Hall–Kier alpha value is -1.30. The molecule has 6 heteroatoms. The van der Waals surface area contributed by atoms with Gasteiger partial charge in [-0.3, -0.25) is 4.79 Å². The van der Waals surface area contributed by atoms with Crippen LogP contribution in [-0.4, -0.2) is 28.3 Å². The molecule has 17 heavy (non-hydrogen) atoms. The number of carbonyl (C=O) groups is 1. The lowest BCUT2D eigenvalue weighted by Gasteiger charge is -2.13. The van der Waals surface area contributed by atoms with E-state index in [0.717, 1.165) is 19.3 Å². The Morgan fingerprint density at radius 2 is 2.24 bits per heavy atom. The van der Waals surface area contributed by atoms with Crippen molar-refractivity contribution < 1.29 is 9.53 Å². The number of hydrogen-bond donors (Lipinski definition) is 1. The van der Waals surface area contributed by atoms with Gasteiger partial charge < -0.3 is 10.5 Å². The monoisotopic (exact) mass is 255 g/mol. The van der Waals surface area contributed by atoms with Crippen LogP contribution in [0.2, 0.25) is 0 Å². The standard InChI is InChI=1S/C11H17N3O2S/c1-3-4-5-8(11(15)16-2)17-10-9(12)13-6-7-14-10/h6-8H,3-5H2,1-2H3,(H2,12,13). The van der Waals surface area contributed by atoms with Crippen molar-refractivity contribution in [2.45, 2.75) is 36.5 Å². The van der Waals surface area contributed by atoms with E-state index >= 15 is 0 Å². The van der Waals surface area contributed by atoms with Gasteiger partial charge in [-0.15, -0.1) is 0 Å². The third-order valence-corrected chi connectivity index (χ3v) is 3.48. The van der Waals surface area contributed by atoms with Crippen molar-refractivity contribution in [1.29, 1.82) is 0 Å². The maximum atomic E-state index is 11.6. The zero-order chi connectivity index (χ0) is 12.7. The van der Waals surface area contributed by atoms with Crippen molar-refractivity contribution in [3.8, 4) is 0 Å². The molecule has 1 aromatic heterocycles. The molecule has 0 fully saturated rings. The largest absolute Gasteiger partial charge is 0.468 e. The molecule has 0 aliphatic heterocycles. The molecule has 0 amide bonds. The van der Waals surface area contributed by atoms with E-state index in [2.05, 4.69) is 16.9 Å². The van der Waals surface area contributed by atoms with Gasteiger partial charge in [0.1, 0.15) is 10.3 Å². The average molecular weight is 255 g/mol. The molecule has 0 radical (unpaired) electrons. The first kappa shape index (κ1) is 13.8. The fourth-order valence-corrected chi connectivity index (χ4v) is 2.35. The summed E-state index contributed by atoms with van der Waals surface area (Å²) < 4.78 is 4.77. The van der Waals surface area contributed by atoms with Crippen LogP contribution >= 0.6 is 11.8 Å². The predicted molar refractivity (Wildman–Crippen MR) is 67.6 cm³/mol. The van der Waals surface area contributed by atoms with Gasteiger partial charge in [-0.2, -0.15) is 0 Å². The molecule has 1 rings (SSSR count). The van der Waals surface area contributed by atoms with Crippen LogP contribution in [0.3, 0.4) is 0 Å². The quantitative estimate of drug-likeness (QED) is 0.617. The highest BCUT2D eigenvalue weighted by atomic mass is 32.2. The number of anilines is 1. The molecule has 94 valence electrons. The van der Waals surface area contributed by atoms with E-state index in [0.29, 0.717) is 10.8 Å². The van der Waals surface area contributed by atoms with Crippen LogP contribution in [0.1, 0.15) is 26.2 Å². The predicted octanol–water partition coefficient (Wildman–Crippen LogP) is 1.88. The molecule has 0 aliphatic rings. The Morgan fingerprint density at radius 3 is 2.82 bits per heavy atom. The minimum absolute atomic E-state index is 0.242. The summed E-state index contributed by atoms with van der Waals surface area (Å²) in [5.41, 5.74) is 5.69. The minimum Gasteiger partial charge on any atom is -0.468 e. The molecule has 1 unspecified atom stereocenters. The zero-order valence-electron chi connectivity index (χ0n) is 10.0. The molecular weight excluding hydrogens is 238 g/mol. The number of hydrogen-bond acceptors (Lipinski definition) is 6. The van der Waals surface area contributed by atoms with Gasteiger partial charge in [0, 0.05) is 12.4 Å². The number of carbonyl (C=O) groups excluding carboxylic acids is 1.